The van der Waals surface area contributed by atoms with Crippen molar-refractivity contribution in [3.63, 3.8) is 0 Å². The van der Waals surface area contributed by atoms with Gasteiger partial charge in [0, 0.05) is 38.4 Å². The highest BCUT2D eigenvalue weighted by Crippen LogP contribution is 2.35. The molecule has 2 N–H and O–H groups in total. The van der Waals surface area contributed by atoms with Crippen LogP contribution in [0.25, 0.3) is 16.3 Å². The molecule has 0 saturated carbocycles. The van der Waals surface area contributed by atoms with Crippen molar-refractivity contribution in [2.24, 2.45) is 5.92 Å². The molecule has 9 nitrogen and oxygen atoms in total. The van der Waals surface area contributed by atoms with Gasteiger partial charge in [0.1, 0.15) is 4.90 Å². The number of sulfonamides is 1. The van der Waals surface area contributed by atoms with Gasteiger partial charge in [-0.25, -0.2) is 26.9 Å². The molecule has 2 aliphatic heterocycles. The standard InChI is InChI=1S/C21H27F2N7O2S2/c1-2-3-4-5-26-34(31,32)15-7-16(29-10-13-6-14(11-29)24-8-13)17-9-25-19(30(17)12-15)21-28-27-20(33-21)18(22)23/h7,9,12-14,18,24,26H,2-6,8,10-11H2,1H3. The minimum Gasteiger partial charge on any atom is -0.368 e. The number of hydrogen-bond donors (Lipinski definition) is 2. The molecule has 5 rings (SSSR count). The summed E-state index contributed by atoms with van der Waals surface area (Å²) in [5.74, 6) is 0.784. The molecule has 0 aliphatic carbocycles. The van der Waals surface area contributed by atoms with Gasteiger partial charge in [-0.2, -0.15) is 0 Å². The second-order valence-electron chi connectivity index (χ2n) is 8.86. The van der Waals surface area contributed by atoms with Gasteiger partial charge in [0.25, 0.3) is 6.43 Å². The van der Waals surface area contributed by atoms with E-state index in [1.165, 1.54) is 6.20 Å². The summed E-state index contributed by atoms with van der Waals surface area (Å²) in [5.41, 5.74) is 1.46. The number of nitrogens with zero attached hydrogens (tertiary/aromatic N) is 5. The number of halogens is 2. The van der Waals surface area contributed by atoms with Gasteiger partial charge in [-0.3, -0.25) is 4.40 Å². The number of hydrogen-bond acceptors (Lipinski definition) is 8. The molecule has 2 unspecified atom stereocenters. The summed E-state index contributed by atoms with van der Waals surface area (Å²) in [6, 6.07) is 2.05. The second kappa shape index (κ2) is 9.44. The first-order valence-electron chi connectivity index (χ1n) is 11.5. The first-order chi connectivity index (χ1) is 16.4. The molecule has 2 aliphatic rings. The summed E-state index contributed by atoms with van der Waals surface area (Å²) >= 11 is 0.754. The van der Waals surface area contributed by atoms with Gasteiger partial charge < -0.3 is 10.2 Å². The molecule has 0 amide bonds. The molecule has 3 aromatic rings. The van der Waals surface area contributed by atoms with Gasteiger partial charge in [0.2, 0.25) is 10.0 Å². The van der Waals surface area contributed by atoms with Crippen molar-refractivity contribution in [3.05, 3.63) is 23.5 Å². The molecule has 2 bridgehead atoms. The smallest absolute Gasteiger partial charge is 0.291 e. The lowest BCUT2D eigenvalue weighted by molar-refractivity contribution is 0.150. The van der Waals surface area contributed by atoms with E-state index in [-0.39, 0.29) is 9.90 Å². The van der Waals surface area contributed by atoms with E-state index in [1.807, 2.05) is 0 Å². The number of fused-ring (bicyclic) bond motifs is 3. The van der Waals surface area contributed by atoms with Crippen molar-refractivity contribution in [3.8, 4) is 10.8 Å². The monoisotopic (exact) mass is 511 g/mol. The van der Waals surface area contributed by atoms with E-state index in [0.29, 0.717) is 29.8 Å². The minimum atomic E-state index is -3.78. The first kappa shape index (κ1) is 23.5. The third-order valence-electron chi connectivity index (χ3n) is 6.37. The Morgan fingerprint density at radius 2 is 2.15 bits per heavy atom. The van der Waals surface area contributed by atoms with E-state index in [4.69, 9.17) is 0 Å². The Balaban J connectivity index is 1.58. The summed E-state index contributed by atoms with van der Waals surface area (Å²) in [4.78, 5) is 6.73. The Hall–Kier alpha value is -2.22. The van der Waals surface area contributed by atoms with Gasteiger partial charge in [-0.05, 0) is 24.8 Å². The van der Waals surface area contributed by atoms with Crippen LogP contribution < -0.4 is 14.9 Å². The molecule has 2 fully saturated rings. The quantitative estimate of drug-likeness (QED) is 0.426. The van der Waals surface area contributed by atoms with E-state index in [1.54, 1.807) is 16.7 Å². The van der Waals surface area contributed by atoms with Crippen LogP contribution >= 0.6 is 11.3 Å². The van der Waals surface area contributed by atoms with Gasteiger partial charge in [-0.1, -0.05) is 31.1 Å². The minimum absolute atomic E-state index is 0.107. The number of alkyl halides is 2. The van der Waals surface area contributed by atoms with Crippen molar-refractivity contribution in [2.45, 2.75) is 50.0 Å². The van der Waals surface area contributed by atoms with Crippen molar-refractivity contribution in [1.82, 2.24) is 29.6 Å². The topological polar surface area (TPSA) is 105 Å². The molecule has 2 atom stereocenters. The fourth-order valence-corrected chi connectivity index (χ4v) is 6.50. The Morgan fingerprint density at radius 1 is 1.29 bits per heavy atom. The van der Waals surface area contributed by atoms with E-state index >= 15 is 0 Å². The number of imidazole rings is 1. The zero-order valence-electron chi connectivity index (χ0n) is 18.7. The number of unbranched alkanes of at least 4 members (excludes halogenated alkanes) is 2. The van der Waals surface area contributed by atoms with E-state index < -0.39 is 21.5 Å². The predicted molar refractivity (Wildman–Crippen MR) is 126 cm³/mol. The van der Waals surface area contributed by atoms with E-state index in [9.17, 15) is 17.2 Å². The van der Waals surface area contributed by atoms with Crippen molar-refractivity contribution in [2.75, 3.05) is 31.1 Å². The Labute approximate surface area is 200 Å². The normalized spacial score (nSPS) is 20.6. The van der Waals surface area contributed by atoms with Crippen LogP contribution in [0.3, 0.4) is 0 Å². The fourth-order valence-electron chi connectivity index (χ4n) is 4.72. The van der Waals surface area contributed by atoms with Crippen molar-refractivity contribution in [1.29, 1.82) is 0 Å². The van der Waals surface area contributed by atoms with Gasteiger partial charge in [0.15, 0.2) is 15.8 Å². The summed E-state index contributed by atoms with van der Waals surface area (Å²) in [6.45, 7) is 4.92. The molecule has 0 radical (unpaired) electrons. The summed E-state index contributed by atoms with van der Waals surface area (Å²) in [7, 11) is -3.78. The molecule has 0 spiro atoms. The molecular formula is C21H27F2N7O2S2. The van der Waals surface area contributed by atoms with Gasteiger partial charge in [-0.15, -0.1) is 10.2 Å². The molecular weight excluding hydrogens is 484 g/mol. The van der Waals surface area contributed by atoms with E-state index in [0.717, 1.165) is 62.3 Å². The van der Waals surface area contributed by atoms with Crippen LogP contribution in [-0.2, 0) is 10.0 Å². The van der Waals surface area contributed by atoms with Crippen LogP contribution in [-0.4, -0.2) is 60.2 Å². The number of piperidine rings is 1. The maximum Gasteiger partial charge on any atom is 0.291 e. The molecule has 3 aromatic heterocycles. The summed E-state index contributed by atoms with van der Waals surface area (Å²) in [5, 5.41) is 10.8. The van der Waals surface area contributed by atoms with Crippen LogP contribution in [0.1, 0.15) is 44.0 Å². The zero-order valence-corrected chi connectivity index (χ0v) is 20.4. The van der Waals surface area contributed by atoms with Crippen LogP contribution in [0.5, 0.6) is 0 Å². The van der Waals surface area contributed by atoms with Crippen molar-refractivity contribution < 1.29 is 17.2 Å². The Morgan fingerprint density at radius 3 is 2.88 bits per heavy atom. The SMILES string of the molecule is CCCCCNS(=O)(=O)c1cc(N2CC3CNC(C3)C2)c2cnc(-c3nnc(C(F)F)s3)n2c1. The third-order valence-corrected chi connectivity index (χ3v) is 8.72. The zero-order chi connectivity index (χ0) is 23.9. The summed E-state index contributed by atoms with van der Waals surface area (Å²) < 4.78 is 56.9. The number of anilines is 1. The predicted octanol–water partition coefficient (Wildman–Crippen LogP) is 3.06. The van der Waals surface area contributed by atoms with Gasteiger partial charge in [0.05, 0.1) is 17.4 Å². The van der Waals surface area contributed by atoms with Crippen molar-refractivity contribution >= 4 is 32.6 Å². The lowest BCUT2D eigenvalue weighted by atomic mass is 9.99. The molecule has 34 heavy (non-hydrogen) atoms. The molecule has 13 heteroatoms. The number of pyridine rings is 1. The maximum absolute atomic E-state index is 13.2. The first-order valence-corrected chi connectivity index (χ1v) is 13.8. The highest BCUT2D eigenvalue weighted by Gasteiger charge is 2.34. The lowest BCUT2D eigenvalue weighted by Gasteiger charge is -2.33. The summed E-state index contributed by atoms with van der Waals surface area (Å²) in [6.07, 6.45) is 4.19. The number of rotatable bonds is 9. The molecule has 2 saturated heterocycles. The van der Waals surface area contributed by atoms with Crippen LogP contribution in [0.2, 0.25) is 0 Å². The van der Waals surface area contributed by atoms with Crippen LogP contribution in [0, 0.1) is 5.92 Å². The number of aromatic nitrogens is 4. The fraction of sp³-hybridized carbons (Fsp3) is 0.571. The Bertz CT molecular complexity index is 1270. The second-order valence-corrected chi connectivity index (χ2v) is 11.6. The van der Waals surface area contributed by atoms with Gasteiger partial charge >= 0.3 is 0 Å². The Kier molecular flexibility index (Phi) is 6.53. The largest absolute Gasteiger partial charge is 0.368 e. The lowest BCUT2D eigenvalue weighted by Crippen LogP contribution is -2.41. The third kappa shape index (κ3) is 4.53. The maximum atomic E-state index is 13.2. The highest BCUT2D eigenvalue weighted by atomic mass is 32.2. The molecule has 5 heterocycles. The average Bonchev–Trinajstić information content (AvgIpc) is 3.54. The van der Waals surface area contributed by atoms with Crippen LogP contribution in [0.15, 0.2) is 23.4 Å². The molecule has 184 valence electrons. The van der Waals surface area contributed by atoms with Crippen LogP contribution in [0.4, 0.5) is 14.5 Å². The highest BCUT2D eigenvalue weighted by molar-refractivity contribution is 7.89. The molecule has 0 aromatic carbocycles. The average molecular weight is 512 g/mol. The number of nitrogens with one attached hydrogen (secondary N) is 2. The van der Waals surface area contributed by atoms with E-state index in [2.05, 4.69) is 37.0 Å².